The molecule has 118 valence electrons. The summed E-state index contributed by atoms with van der Waals surface area (Å²) in [5.74, 6) is 1.01. The smallest absolute Gasteiger partial charge is 0.119 e. The highest BCUT2D eigenvalue weighted by atomic mass is 16.5. The number of benzene rings is 1. The Bertz CT molecular complexity index is 424. The second kappa shape index (κ2) is 7.31. The predicted molar refractivity (Wildman–Crippen MR) is 89.9 cm³/mol. The molecule has 2 atom stereocenters. The van der Waals surface area contributed by atoms with Crippen molar-refractivity contribution in [1.82, 2.24) is 5.32 Å². The number of aryl methyl sites for hydroxylation is 1. The van der Waals surface area contributed by atoms with Crippen LogP contribution in [0.1, 0.15) is 58.9 Å². The molecular formula is C19H31NO. The van der Waals surface area contributed by atoms with Crippen LogP contribution in [0.15, 0.2) is 24.3 Å². The Balaban J connectivity index is 2.03. The number of hydrogen-bond acceptors (Lipinski definition) is 2. The van der Waals surface area contributed by atoms with Gasteiger partial charge in [0.25, 0.3) is 0 Å². The lowest BCUT2D eigenvalue weighted by atomic mass is 9.74. The lowest BCUT2D eigenvalue weighted by Gasteiger charge is -2.41. The lowest BCUT2D eigenvalue weighted by molar-refractivity contribution is 0.0536. The van der Waals surface area contributed by atoms with Crippen LogP contribution in [0.2, 0.25) is 0 Å². The molecule has 1 aliphatic rings. The summed E-state index contributed by atoms with van der Waals surface area (Å²) in [6, 6.07) is 9.16. The molecule has 1 aromatic rings. The highest BCUT2D eigenvalue weighted by Crippen LogP contribution is 2.37. The van der Waals surface area contributed by atoms with E-state index in [-0.39, 0.29) is 6.10 Å². The van der Waals surface area contributed by atoms with Crippen molar-refractivity contribution in [1.29, 1.82) is 0 Å². The zero-order valence-corrected chi connectivity index (χ0v) is 14.1. The molecule has 0 amide bonds. The van der Waals surface area contributed by atoms with Gasteiger partial charge in [0.2, 0.25) is 0 Å². The zero-order valence-electron chi connectivity index (χ0n) is 14.1. The Morgan fingerprint density at radius 2 is 1.90 bits per heavy atom. The van der Waals surface area contributed by atoms with Crippen LogP contribution in [0.4, 0.5) is 0 Å². The van der Waals surface area contributed by atoms with Gasteiger partial charge < -0.3 is 10.1 Å². The van der Waals surface area contributed by atoms with Gasteiger partial charge in [-0.2, -0.15) is 0 Å². The highest BCUT2D eigenvalue weighted by molar-refractivity contribution is 5.27. The first-order valence-electron chi connectivity index (χ1n) is 8.53. The second-order valence-corrected chi connectivity index (χ2v) is 7.12. The quantitative estimate of drug-likeness (QED) is 0.828. The minimum absolute atomic E-state index is 0.283. The first-order chi connectivity index (χ1) is 10.0. The molecule has 0 radical (unpaired) electrons. The fourth-order valence-corrected chi connectivity index (χ4v) is 3.34. The first-order valence-corrected chi connectivity index (χ1v) is 8.53. The van der Waals surface area contributed by atoms with Crippen LogP contribution in [-0.2, 0) is 6.42 Å². The molecule has 1 saturated carbocycles. The topological polar surface area (TPSA) is 21.3 Å². The number of nitrogens with one attached hydrogen (secondary N) is 1. The molecule has 0 aliphatic heterocycles. The molecule has 1 aliphatic carbocycles. The maximum atomic E-state index is 6.33. The van der Waals surface area contributed by atoms with Crippen molar-refractivity contribution in [3.05, 3.63) is 29.8 Å². The first kappa shape index (κ1) is 16.4. The average molecular weight is 289 g/mol. The van der Waals surface area contributed by atoms with Crippen LogP contribution in [-0.4, -0.2) is 18.7 Å². The molecule has 0 heterocycles. The van der Waals surface area contributed by atoms with E-state index < -0.39 is 0 Å². The molecule has 0 aromatic heterocycles. The third-order valence-electron chi connectivity index (χ3n) is 4.55. The van der Waals surface area contributed by atoms with Crippen LogP contribution in [0.25, 0.3) is 0 Å². The molecule has 2 nitrogen and oxygen atoms in total. The summed E-state index contributed by atoms with van der Waals surface area (Å²) >= 11 is 0. The van der Waals surface area contributed by atoms with Gasteiger partial charge in [-0.05, 0) is 55.3 Å². The Morgan fingerprint density at radius 1 is 1.19 bits per heavy atom. The predicted octanol–water partition coefficient (Wildman–Crippen LogP) is 4.57. The van der Waals surface area contributed by atoms with E-state index in [0.717, 1.165) is 25.1 Å². The van der Waals surface area contributed by atoms with E-state index in [1.54, 1.807) is 0 Å². The van der Waals surface area contributed by atoms with Gasteiger partial charge >= 0.3 is 0 Å². The summed E-state index contributed by atoms with van der Waals surface area (Å²) in [6.45, 7) is 10.1. The van der Waals surface area contributed by atoms with Crippen molar-refractivity contribution in [2.45, 2.75) is 71.9 Å². The van der Waals surface area contributed by atoms with E-state index in [2.05, 4.69) is 57.3 Å². The fourth-order valence-electron chi connectivity index (χ4n) is 3.34. The van der Waals surface area contributed by atoms with Crippen molar-refractivity contribution < 1.29 is 4.74 Å². The van der Waals surface area contributed by atoms with Crippen molar-refractivity contribution in [3.63, 3.8) is 0 Å². The molecule has 1 N–H and O–H groups in total. The minimum Gasteiger partial charge on any atom is -0.489 e. The Hall–Kier alpha value is -1.02. The van der Waals surface area contributed by atoms with Gasteiger partial charge in [0, 0.05) is 6.04 Å². The standard InChI is InChI=1S/C19H31NO/c1-5-7-15-8-10-16(11-9-15)21-18-14-19(3,4)13-12-17(18)20-6-2/h8-11,17-18,20H,5-7,12-14H2,1-4H3. The number of hydrogen-bond donors (Lipinski definition) is 1. The molecular weight excluding hydrogens is 258 g/mol. The molecule has 21 heavy (non-hydrogen) atoms. The highest BCUT2D eigenvalue weighted by Gasteiger charge is 2.35. The third-order valence-corrected chi connectivity index (χ3v) is 4.55. The van der Waals surface area contributed by atoms with Crippen LogP contribution in [0, 0.1) is 5.41 Å². The van der Waals surface area contributed by atoms with E-state index >= 15 is 0 Å². The Labute approximate surface area is 130 Å². The second-order valence-electron chi connectivity index (χ2n) is 7.12. The average Bonchev–Trinajstić information content (AvgIpc) is 2.44. The van der Waals surface area contributed by atoms with Crippen molar-refractivity contribution in [2.24, 2.45) is 5.41 Å². The van der Waals surface area contributed by atoms with Gasteiger partial charge in [-0.25, -0.2) is 0 Å². The van der Waals surface area contributed by atoms with Crippen molar-refractivity contribution in [3.8, 4) is 5.75 Å². The Kier molecular flexibility index (Phi) is 5.69. The molecule has 1 fully saturated rings. The SMILES string of the molecule is CCCc1ccc(OC2CC(C)(C)CCC2NCC)cc1. The van der Waals surface area contributed by atoms with Crippen molar-refractivity contribution in [2.75, 3.05) is 6.54 Å². The lowest BCUT2D eigenvalue weighted by Crippen LogP contribution is -2.49. The maximum absolute atomic E-state index is 6.33. The Morgan fingerprint density at radius 3 is 2.52 bits per heavy atom. The molecule has 0 spiro atoms. The number of rotatable bonds is 6. The largest absolute Gasteiger partial charge is 0.489 e. The van der Waals surface area contributed by atoms with Crippen LogP contribution in [0.3, 0.4) is 0 Å². The van der Waals surface area contributed by atoms with E-state index in [1.807, 2.05) is 0 Å². The van der Waals surface area contributed by atoms with Crippen LogP contribution >= 0.6 is 0 Å². The number of ether oxygens (including phenoxy) is 1. The van der Waals surface area contributed by atoms with Crippen molar-refractivity contribution >= 4 is 0 Å². The summed E-state index contributed by atoms with van der Waals surface area (Å²) in [5.41, 5.74) is 1.79. The maximum Gasteiger partial charge on any atom is 0.119 e. The van der Waals surface area contributed by atoms with Gasteiger partial charge in [-0.15, -0.1) is 0 Å². The van der Waals surface area contributed by atoms with Gasteiger partial charge in [-0.1, -0.05) is 46.2 Å². The van der Waals surface area contributed by atoms with E-state index in [0.29, 0.717) is 11.5 Å². The molecule has 2 heteroatoms. The van der Waals surface area contributed by atoms with Gasteiger partial charge in [0.15, 0.2) is 0 Å². The zero-order chi connectivity index (χ0) is 15.3. The summed E-state index contributed by atoms with van der Waals surface area (Å²) in [4.78, 5) is 0. The summed E-state index contributed by atoms with van der Waals surface area (Å²) in [6.07, 6.45) is 6.24. The third kappa shape index (κ3) is 4.74. The minimum atomic E-state index is 0.283. The summed E-state index contributed by atoms with van der Waals surface area (Å²) in [7, 11) is 0. The molecule has 2 rings (SSSR count). The van der Waals surface area contributed by atoms with Crippen LogP contribution < -0.4 is 10.1 Å². The van der Waals surface area contributed by atoms with Gasteiger partial charge in [0.1, 0.15) is 11.9 Å². The van der Waals surface area contributed by atoms with E-state index in [4.69, 9.17) is 4.74 Å². The molecule has 1 aromatic carbocycles. The van der Waals surface area contributed by atoms with Crippen LogP contribution in [0.5, 0.6) is 5.75 Å². The van der Waals surface area contributed by atoms with Gasteiger partial charge in [-0.3, -0.25) is 0 Å². The summed E-state index contributed by atoms with van der Waals surface area (Å²) < 4.78 is 6.33. The van der Waals surface area contributed by atoms with E-state index in [1.165, 1.54) is 24.8 Å². The molecule has 0 saturated heterocycles. The molecule has 2 unspecified atom stereocenters. The fraction of sp³-hybridized carbons (Fsp3) is 0.684. The normalized spacial score (nSPS) is 24.8. The monoisotopic (exact) mass is 289 g/mol. The number of likely N-dealkylation sites (N-methyl/N-ethyl adjacent to an activating group) is 1. The summed E-state index contributed by atoms with van der Waals surface area (Å²) in [5, 5.41) is 3.60. The van der Waals surface area contributed by atoms with Gasteiger partial charge in [0.05, 0.1) is 0 Å². The molecule has 0 bridgehead atoms. The van der Waals surface area contributed by atoms with E-state index in [9.17, 15) is 0 Å².